The van der Waals surface area contributed by atoms with Gasteiger partial charge in [0.1, 0.15) is 5.82 Å². The highest BCUT2D eigenvalue weighted by Gasteiger charge is 2.25. The molecular weight excluding hydrogens is 484 g/mol. The molecule has 0 fully saturated rings. The number of pyridine rings is 1. The van der Waals surface area contributed by atoms with Crippen LogP contribution in [0.5, 0.6) is 0 Å². The largest absolute Gasteiger partial charge is 0.476 e. The summed E-state index contributed by atoms with van der Waals surface area (Å²) in [5, 5.41) is 13.4. The number of carbonyl (C=O) groups is 2. The molecule has 0 aliphatic carbocycles. The number of aromatic nitrogens is 2. The second-order valence-electron chi connectivity index (χ2n) is 8.79. The standard InChI is InChI=1S/C29H22N4O3S/c34-27(32-29-30-23-11-4-5-12-24(23)37-29)21-10-6-9-19-15-16-33(17-22(19)21)25-14-13-20(26(31-25)28(35)36)18-7-2-1-3-8-18/h1-14H,15-17H2,(H,35,36)(H,30,32,34). The summed E-state index contributed by atoms with van der Waals surface area (Å²) in [5.74, 6) is -0.713. The van der Waals surface area contributed by atoms with Crippen LogP contribution in [0.25, 0.3) is 21.3 Å². The van der Waals surface area contributed by atoms with Gasteiger partial charge in [-0.1, -0.05) is 65.9 Å². The first kappa shape index (κ1) is 22.9. The van der Waals surface area contributed by atoms with Crippen molar-refractivity contribution >= 4 is 44.4 Å². The lowest BCUT2D eigenvalue weighted by atomic mass is 9.94. The van der Waals surface area contributed by atoms with Crippen LogP contribution in [0.3, 0.4) is 0 Å². The molecule has 0 unspecified atom stereocenters. The number of rotatable bonds is 5. The normalized spacial score (nSPS) is 12.8. The first-order valence-corrected chi connectivity index (χ1v) is 12.7. The lowest BCUT2D eigenvalue weighted by Crippen LogP contribution is -2.33. The molecule has 0 spiro atoms. The van der Waals surface area contributed by atoms with E-state index in [0.29, 0.717) is 35.2 Å². The molecule has 182 valence electrons. The highest BCUT2D eigenvalue weighted by Crippen LogP contribution is 2.31. The summed E-state index contributed by atoms with van der Waals surface area (Å²) in [5.41, 5.74) is 4.84. The van der Waals surface area contributed by atoms with Crippen LogP contribution in [0.4, 0.5) is 10.9 Å². The van der Waals surface area contributed by atoms with E-state index in [4.69, 9.17) is 0 Å². The Labute approximate surface area is 217 Å². The summed E-state index contributed by atoms with van der Waals surface area (Å²) >= 11 is 1.44. The molecule has 2 N–H and O–H groups in total. The molecule has 37 heavy (non-hydrogen) atoms. The fourth-order valence-corrected chi connectivity index (χ4v) is 5.58. The van der Waals surface area contributed by atoms with E-state index in [0.717, 1.165) is 33.3 Å². The number of benzene rings is 3. The minimum atomic E-state index is -1.07. The van der Waals surface area contributed by atoms with E-state index in [1.165, 1.54) is 11.3 Å². The number of nitrogens with zero attached hydrogens (tertiary/aromatic N) is 3. The molecule has 1 aliphatic heterocycles. The monoisotopic (exact) mass is 506 g/mol. The Hall–Kier alpha value is -4.56. The van der Waals surface area contributed by atoms with E-state index >= 15 is 0 Å². The van der Waals surface area contributed by atoms with E-state index in [2.05, 4.69) is 15.3 Å². The highest BCUT2D eigenvalue weighted by molar-refractivity contribution is 7.22. The molecule has 2 aromatic heterocycles. The Morgan fingerprint density at radius 1 is 0.892 bits per heavy atom. The molecule has 8 heteroatoms. The Kier molecular flexibility index (Phi) is 5.86. The van der Waals surface area contributed by atoms with Crippen LogP contribution in [0.2, 0.25) is 0 Å². The van der Waals surface area contributed by atoms with Gasteiger partial charge in [0.15, 0.2) is 10.8 Å². The van der Waals surface area contributed by atoms with Gasteiger partial charge in [0.2, 0.25) is 0 Å². The van der Waals surface area contributed by atoms with Crippen molar-refractivity contribution in [2.75, 3.05) is 16.8 Å². The zero-order valence-corrected chi connectivity index (χ0v) is 20.5. The Balaban J connectivity index is 1.29. The predicted octanol–water partition coefficient (Wildman–Crippen LogP) is 5.87. The number of hydrogen-bond donors (Lipinski definition) is 2. The molecule has 6 rings (SSSR count). The highest BCUT2D eigenvalue weighted by atomic mass is 32.1. The van der Waals surface area contributed by atoms with Crippen LogP contribution < -0.4 is 10.2 Å². The fourth-order valence-electron chi connectivity index (χ4n) is 4.72. The van der Waals surface area contributed by atoms with Gasteiger partial charge in [0.25, 0.3) is 5.91 Å². The summed E-state index contributed by atoms with van der Waals surface area (Å²) in [6, 6.07) is 26.6. The molecular formula is C29H22N4O3S. The minimum Gasteiger partial charge on any atom is -0.476 e. The Bertz CT molecular complexity index is 1620. The van der Waals surface area contributed by atoms with Crippen LogP contribution >= 0.6 is 11.3 Å². The van der Waals surface area contributed by atoms with Crippen molar-refractivity contribution in [3.63, 3.8) is 0 Å². The molecule has 7 nitrogen and oxygen atoms in total. The maximum Gasteiger partial charge on any atom is 0.355 e. The number of para-hydroxylation sites is 1. The second-order valence-corrected chi connectivity index (χ2v) is 9.82. The summed E-state index contributed by atoms with van der Waals surface area (Å²) in [6.07, 6.45) is 0.724. The third-order valence-electron chi connectivity index (χ3n) is 6.52. The van der Waals surface area contributed by atoms with Crippen molar-refractivity contribution in [3.8, 4) is 11.1 Å². The van der Waals surface area contributed by atoms with E-state index in [-0.39, 0.29) is 11.6 Å². The van der Waals surface area contributed by atoms with E-state index in [1.54, 1.807) is 0 Å². The van der Waals surface area contributed by atoms with Crippen LogP contribution in [0.15, 0.2) is 84.9 Å². The topological polar surface area (TPSA) is 95.4 Å². The number of hydrogen-bond acceptors (Lipinski definition) is 6. The molecule has 3 heterocycles. The van der Waals surface area contributed by atoms with Crippen LogP contribution in [0.1, 0.15) is 32.0 Å². The Morgan fingerprint density at radius 3 is 2.51 bits per heavy atom. The van der Waals surface area contributed by atoms with E-state index < -0.39 is 5.97 Å². The van der Waals surface area contributed by atoms with Crippen LogP contribution in [-0.2, 0) is 13.0 Å². The average Bonchev–Trinajstić information content (AvgIpc) is 3.35. The summed E-state index contributed by atoms with van der Waals surface area (Å²) < 4.78 is 1.01. The number of carbonyl (C=O) groups excluding carboxylic acids is 1. The number of carboxylic acid groups (broad SMARTS) is 1. The molecule has 5 aromatic rings. The SMILES string of the molecule is O=C(Nc1nc2ccccc2s1)c1cccc2c1CN(c1ccc(-c3ccccc3)c(C(=O)O)n1)CC2. The smallest absolute Gasteiger partial charge is 0.355 e. The lowest BCUT2D eigenvalue weighted by Gasteiger charge is -2.31. The molecule has 0 saturated carbocycles. The van der Waals surface area contributed by atoms with Gasteiger partial charge in [-0.25, -0.2) is 14.8 Å². The number of aromatic carboxylic acids is 1. The van der Waals surface area contributed by atoms with Crippen molar-refractivity contribution in [2.45, 2.75) is 13.0 Å². The number of carboxylic acids is 1. The molecule has 0 atom stereocenters. The molecule has 0 saturated heterocycles. The van der Waals surface area contributed by atoms with Gasteiger partial charge in [-0.05, 0) is 53.4 Å². The number of amides is 1. The van der Waals surface area contributed by atoms with E-state index in [1.807, 2.05) is 89.8 Å². The van der Waals surface area contributed by atoms with Gasteiger partial charge in [-0.2, -0.15) is 0 Å². The van der Waals surface area contributed by atoms with Crippen molar-refractivity contribution in [3.05, 3.63) is 107 Å². The van der Waals surface area contributed by atoms with Gasteiger partial charge in [-0.3, -0.25) is 10.1 Å². The average molecular weight is 507 g/mol. The second kappa shape index (κ2) is 9.48. The third kappa shape index (κ3) is 4.43. The van der Waals surface area contributed by atoms with Crippen LogP contribution in [-0.4, -0.2) is 33.5 Å². The van der Waals surface area contributed by atoms with Crippen molar-refractivity contribution in [2.24, 2.45) is 0 Å². The molecule has 0 bridgehead atoms. The molecule has 1 amide bonds. The Morgan fingerprint density at radius 2 is 1.70 bits per heavy atom. The number of anilines is 2. The summed E-state index contributed by atoms with van der Waals surface area (Å²) in [4.78, 5) is 36.4. The fraction of sp³-hybridized carbons (Fsp3) is 0.103. The minimum absolute atomic E-state index is 0.0105. The molecule has 1 aliphatic rings. The third-order valence-corrected chi connectivity index (χ3v) is 7.48. The quantitative estimate of drug-likeness (QED) is 0.310. The summed E-state index contributed by atoms with van der Waals surface area (Å²) in [6.45, 7) is 1.13. The van der Waals surface area contributed by atoms with E-state index in [9.17, 15) is 14.7 Å². The zero-order valence-electron chi connectivity index (χ0n) is 19.7. The number of nitrogens with one attached hydrogen (secondary N) is 1. The maximum absolute atomic E-state index is 13.3. The van der Waals surface area contributed by atoms with Gasteiger partial charge in [0, 0.05) is 24.2 Å². The molecule has 3 aromatic carbocycles. The van der Waals surface area contributed by atoms with Crippen molar-refractivity contribution in [1.82, 2.24) is 9.97 Å². The van der Waals surface area contributed by atoms with Crippen molar-refractivity contribution in [1.29, 1.82) is 0 Å². The number of thiazole rings is 1. The summed E-state index contributed by atoms with van der Waals surface area (Å²) in [7, 11) is 0. The number of fused-ring (bicyclic) bond motifs is 2. The zero-order chi connectivity index (χ0) is 25.4. The van der Waals surface area contributed by atoms with Crippen LogP contribution in [0, 0.1) is 0 Å². The van der Waals surface area contributed by atoms with Gasteiger partial charge < -0.3 is 10.0 Å². The van der Waals surface area contributed by atoms with Gasteiger partial charge in [-0.15, -0.1) is 0 Å². The first-order valence-electron chi connectivity index (χ1n) is 11.9. The molecule has 0 radical (unpaired) electrons. The van der Waals surface area contributed by atoms with Gasteiger partial charge >= 0.3 is 5.97 Å². The van der Waals surface area contributed by atoms with Crippen molar-refractivity contribution < 1.29 is 14.7 Å². The predicted molar refractivity (Wildman–Crippen MR) is 145 cm³/mol. The van der Waals surface area contributed by atoms with Gasteiger partial charge in [0.05, 0.1) is 10.2 Å². The first-order chi connectivity index (χ1) is 18.1. The lowest BCUT2D eigenvalue weighted by molar-refractivity contribution is 0.0691. The maximum atomic E-state index is 13.3.